The molecule has 0 aliphatic carbocycles. The lowest BCUT2D eigenvalue weighted by molar-refractivity contribution is 0.101. The Morgan fingerprint density at radius 1 is 1.04 bits per heavy atom. The number of ether oxygens (including phenoxy) is 1. The quantitative estimate of drug-likeness (QED) is 0.391. The summed E-state index contributed by atoms with van der Waals surface area (Å²) in [6, 6.07) is 19.4. The minimum atomic E-state index is 0.0217. The second kappa shape index (κ2) is 6.87. The van der Waals surface area contributed by atoms with E-state index in [9.17, 15) is 4.79 Å². The largest absolute Gasteiger partial charge is 0.488 e. The summed E-state index contributed by atoms with van der Waals surface area (Å²) >= 11 is 2.37. The van der Waals surface area contributed by atoms with Crippen molar-refractivity contribution in [2.45, 2.75) is 23.9 Å². The van der Waals surface area contributed by atoms with Gasteiger partial charge in [-0.05, 0) is 6.92 Å². The van der Waals surface area contributed by atoms with E-state index in [1.165, 1.54) is 0 Å². The molecule has 2 aromatic rings. The predicted molar refractivity (Wildman–Crippen MR) is 102 cm³/mol. The van der Waals surface area contributed by atoms with E-state index in [4.69, 9.17) is 4.74 Å². The molecule has 0 N–H and O–H groups in total. The van der Waals surface area contributed by atoms with Crippen LogP contribution in [0.15, 0.2) is 66.2 Å². The molecule has 1 aliphatic heterocycles. The Hall–Kier alpha value is -1.62. The summed E-state index contributed by atoms with van der Waals surface area (Å²) in [7, 11) is 0. The highest BCUT2D eigenvalue weighted by Crippen LogP contribution is 2.41. The summed E-state index contributed by atoms with van der Waals surface area (Å²) in [6.07, 6.45) is 0.0217. The smallest absolute Gasteiger partial charge is 0.193 e. The van der Waals surface area contributed by atoms with Gasteiger partial charge in [0.25, 0.3) is 0 Å². The molecule has 0 saturated carbocycles. The first kappa shape index (κ1) is 16.2. The number of Topliss-reactive ketones (excluding diaryl/α,β-unsaturated/α-hetero) is 1. The molecule has 1 heterocycles. The maximum Gasteiger partial charge on any atom is 0.193 e. The lowest BCUT2D eigenvalue weighted by Gasteiger charge is -2.19. The molecule has 23 heavy (non-hydrogen) atoms. The van der Waals surface area contributed by atoms with Crippen molar-refractivity contribution >= 4 is 34.1 Å². The fraction of sp³-hybridized carbons (Fsp3) is 0.250. The minimum absolute atomic E-state index is 0.0217. The normalized spacial score (nSPS) is 21.9. The van der Waals surface area contributed by atoms with Crippen LogP contribution in [0.1, 0.15) is 29.8 Å². The van der Waals surface area contributed by atoms with E-state index in [2.05, 4.69) is 36.4 Å². The second-order valence-corrected chi connectivity index (χ2v) is 7.82. The lowest BCUT2D eigenvalue weighted by atomic mass is 9.88. The number of ketones is 1. The number of alkyl halides is 1. The van der Waals surface area contributed by atoms with E-state index in [0.717, 1.165) is 16.9 Å². The molecule has 0 bridgehead atoms. The third-order valence-electron chi connectivity index (χ3n) is 4.22. The van der Waals surface area contributed by atoms with Gasteiger partial charge in [-0.1, -0.05) is 90.2 Å². The molecule has 0 aromatic heterocycles. The molecule has 0 saturated heterocycles. The summed E-state index contributed by atoms with van der Waals surface area (Å²) in [5, 5.41) is 0. The standard InChI is InChI=1S/C20H19IO2/c1-13-17(18(22)15-9-5-3-6-10-15)20(23-19(13)14(2)21)16-11-7-4-8-12-16/h3-14,19H,1-2H3/t13-,14-,19+/m1/s1. The monoisotopic (exact) mass is 418 g/mol. The molecular formula is C20H19IO2. The van der Waals surface area contributed by atoms with E-state index in [1.807, 2.05) is 60.7 Å². The van der Waals surface area contributed by atoms with Crippen LogP contribution in [0, 0.1) is 5.92 Å². The van der Waals surface area contributed by atoms with E-state index in [0.29, 0.717) is 9.49 Å². The highest BCUT2D eigenvalue weighted by molar-refractivity contribution is 14.1. The Balaban J connectivity index is 2.08. The SMILES string of the molecule is C[C@@H]1C(C(=O)c2ccccc2)=C(c2ccccc2)O[C@@H]1[C@@H](C)I. The van der Waals surface area contributed by atoms with Crippen LogP contribution >= 0.6 is 22.6 Å². The summed E-state index contributed by atoms with van der Waals surface area (Å²) in [5.41, 5.74) is 2.47. The lowest BCUT2D eigenvalue weighted by Crippen LogP contribution is -2.26. The zero-order valence-corrected chi connectivity index (χ0v) is 15.4. The number of hydrogen-bond donors (Lipinski definition) is 0. The van der Waals surface area contributed by atoms with Crippen LogP contribution in [-0.4, -0.2) is 15.8 Å². The Kier molecular flexibility index (Phi) is 4.85. The van der Waals surface area contributed by atoms with Gasteiger partial charge in [-0.15, -0.1) is 0 Å². The molecule has 0 amide bonds. The van der Waals surface area contributed by atoms with Crippen LogP contribution in [0.5, 0.6) is 0 Å². The molecule has 2 nitrogen and oxygen atoms in total. The van der Waals surface area contributed by atoms with Gasteiger partial charge in [-0.2, -0.15) is 0 Å². The predicted octanol–water partition coefficient (Wildman–Crippen LogP) is 5.14. The summed E-state index contributed by atoms with van der Waals surface area (Å²) in [6.45, 7) is 4.21. The van der Waals surface area contributed by atoms with Crippen molar-refractivity contribution in [2.24, 2.45) is 5.92 Å². The molecule has 0 spiro atoms. The van der Waals surface area contributed by atoms with Crippen LogP contribution in [-0.2, 0) is 4.74 Å². The highest BCUT2D eigenvalue weighted by Gasteiger charge is 2.39. The summed E-state index contributed by atoms with van der Waals surface area (Å²) in [5.74, 6) is 0.877. The fourth-order valence-electron chi connectivity index (χ4n) is 3.03. The molecule has 0 unspecified atom stereocenters. The zero-order valence-electron chi connectivity index (χ0n) is 13.2. The van der Waals surface area contributed by atoms with Crippen molar-refractivity contribution in [3.63, 3.8) is 0 Å². The Morgan fingerprint density at radius 3 is 2.17 bits per heavy atom. The van der Waals surface area contributed by atoms with Gasteiger partial charge >= 0.3 is 0 Å². The summed E-state index contributed by atoms with van der Waals surface area (Å²) < 4.78 is 6.55. The van der Waals surface area contributed by atoms with Crippen molar-refractivity contribution in [1.29, 1.82) is 0 Å². The molecule has 118 valence electrons. The molecular weight excluding hydrogens is 399 g/mol. The van der Waals surface area contributed by atoms with Gasteiger partial charge in [0.2, 0.25) is 0 Å². The summed E-state index contributed by atoms with van der Waals surface area (Å²) in [4.78, 5) is 13.1. The number of carbonyl (C=O) groups excluding carboxylic acids is 1. The maximum absolute atomic E-state index is 13.1. The fourth-order valence-corrected chi connectivity index (χ4v) is 3.80. The van der Waals surface area contributed by atoms with E-state index >= 15 is 0 Å². The number of halogens is 1. The van der Waals surface area contributed by atoms with Gasteiger partial charge in [-0.25, -0.2) is 0 Å². The van der Waals surface area contributed by atoms with Gasteiger partial charge in [0.15, 0.2) is 5.78 Å². The van der Waals surface area contributed by atoms with Gasteiger partial charge in [-0.3, -0.25) is 4.79 Å². The topological polar surface area (TPSA) is 26.3 Å². The third kappa shape index (κ3) is 3.20. The van der Waals surface area contributed by atoms with E-state index < -0.39 is 0 Å². The van der Waals surface area contributed by atoms with Crippen LogP contribution in [0.25, 0.3) is 5.76 Å². The second-order valence-electron chi connectivity index (χ2n) is 5.85. The molecule has 3 heteroatoms. The van der Waals surface area contributed by atoms with Crippen LogP contribution in [0.2, 0.25) is 0 Å². The minimum Gasteiger partial charge on any atom is -0.488 e. The number of carbonyl (C=O) groups is 1. The molecule has 3 atom stereocenters. The number of rotatable bonds is 4. The number of hydrogen-bond acceptors (Lipinski definition) is 2. The van der Waals surface area contributed by atoms with Crippen molar-refractivity contribution in [1.82, 2.24) is 0 Å². The van der Waals surface area contributed by atoms with Gasteiger partial charge in [0.1, 0.15) is 11.9 Å². The maximum atomic E-state index is 13.1. The highest BCUT2D eigenvalue weighted by atomic mass is 127. The van der Waals surface area contributed by atoms with Crippen LogP contribution in [0.3, 0.4) is 0 Å². The molecule has 3 rings (SSSR count). The van der Waals surface area contributed by atoms with Crippen LogP contribution < -0.4 is 0 Å². The Labute approximate surface area is 150 Å². The first-order valence-corrected chi connectivity index (χ1v) is 9.04. The van der Waals surface area contributed by atoms with E-state index in [-0.39, 0.29) is 17.8 Å². The molecule has 2 aromatic carbocycles. The van der Waals surface area contributed by atoms with Crippen molar-refractivity contribution in [2.75, 3.05) is 0 Å². The molecule has 0 fully saturated rings. The first-order valence-electron chi connectivity index (χ1n) is 7.79. The average Bonchev–Trinajstić information content (AvgIpc) is 2.93. The third-order valence-corrected chi connectivity index (χ3v) is 4.92. The van der Waals surface area contributed by atoms with Crippen molar-refractivity contribution in [3.05, 3.63) is 77.4 Å². The van der Waals surface area contributed by atoms with Gasteiger partial charge in [0.05, 0.1) is 0 Å². The van der Waals surface area contributed by atoms with Crippen molar-refractivity contribution < 1.29 is 9.53 Å². The average molecular weight is 418 g/mol. The van der Waals surface area contributed by atoms with Gasteiger partial charge in [0, 0.05) is 26.5 Å². The molecule has 0 radical (unpaired) electrons. The van der Waals surface area contributed by atoms with Crippen molar-refractivity contribution in [3.8, 4) is 0 Å². The first-order chi connectivity index (χ1) is 11.1. The van der Waals surface area contributed by atoms with Crippen LogP contribution in [0.4, 0.5) is 0 Å². The van der Waals surface area contributed by atoms with E-state index in [1.54, 1.807) is 0 Å². The number of benzene rings is 2. The Bertz CT molecular complexity index is 720. The van der Waals surface area contributed by atoms with Gasteiger partial charge < -0.3 is 4.74 Å². The molecule has 1 aliphatic rings. The Morgan fingerprint density at radius 2 is 1.61 bits per heavy atom. The zero-order chi connectivity index (χ0) is 16.4.